The molecular formula is C18H21BrN2O4. The van der Waals surface area contributed by atoms with Crippen LogP contribution >= 0.6 is 15.9 Å². The topological polar surface area (TPSA) is 75.7 Å². The molecule has 1 N–H and O–H groups in total. The maximum atomic E-state index is 12.0. The van der Waals surface area contributed by atoms with E-state index in [0.29, 0.717) is 38.1 Å². The second kappa shape index (κ2) is 9.36. The molecule has 1 aliphatic rings. The number of carbonyl (C=O) groups excluding carboxylic acids is 3. The third kappa shape index (κ3) is 6.01. The van der Waals surface area contributed by atoms with Crippen LogP contribution in [0.1, 0.15) is 30.1 Å². The number of likely N-dealkylation sites (tertiary alicyclic amines) is 1. The molecule has 1 heterocycles. The van der Waals surface area contributed by atoms with Crippen molar-refractivity contribution in [1.82, 2.24) is 10.2 Å². The molecular weight excluding hydrogens is 388 g/mol. The summed E-state index contributed by atoms with van der Waals surface area (Å²) < 4.78 is 5.85. The zero-order valence-electron chi connectivity index (χ0n) is 14.0. The van der Waals surface area contributed by atoms with Crippen molar-refractivity contribution >= 4 is 33.7 Å². The number of rotatable bonds is 5. The molecule has 6 nitrogen and oxygen atoms in total. The Labute approximate surface area is 155 Å². The van der Waals surface area contributed by atoms with Gasteiger partial charge < -0.3 is 15.0 Å². The summed E-state index contributed by atoms with van der Waals surface area (Å²) in [7, 11) is 0. The number of benzene rings is 1. The number of hydrogen-bond donors (Lipinski definition) is 1. The van der Waals surface area contributed by atoms with Crippen LogP contribution in [-0.2, 0) is 9.53 Å². The molecule has 2 amide bonds. The van der Waals surface area contributed by atoms with Crippen molar-refractivity contribution in [3.63, 3.8) is 0 Å². The quantitative estimate of drug-likeness (QED) is 0.600. The van der Waals surface area contributed by atoms with Gasteiger partial charge in [-0.1, -0.05) is 15.9 Å². The molecule has 7 heteroatoms. The third-order valence-corrected chi connectivity index (χ3v) is 4.41. The lowest BCUT2D eigenvalue weighted by molar-refractivity contribution is -0.117. The first-order valence-electron chi connectivity index (χ1n) is 8.19. The number of ketones is 1. The number of halogens is 1. The highest BCUT2D eigenvalue weighted by Gasteiger charge is 2.24. The minimum absolute atomic E-state index is 0.00870. The summed E-state index contributed by atoms with van der Waals surface area (Å²) in [6.45, 7) is 3.22. The van der Waals surface area contributed by atoms with E-state index in [1.165, 1.54) is 12.2 Å². The van der Waals surface area contributed by atoms with E-state index in [-0.39, 0.29) is 23.8 Å². The molecule has 134 valence electrons. The lowest BCUT2D eigenvalue weighted by Crippen LogP contribution is -2.46. The Balaban J connectivity index is 1.78. The molecule has 1 saturated heterocycles. The second-order valence-electron chi connectivity index (χ2n) is 5.67. The summed E-state index contributed by atoms with van der Waals surface area (Å²) in [6.07, 6.45) is 3.54. The highest BCUT2D eigenvalue weighted by atomic mass is 79.9. The first-order valence-corrected chi connectivity index (χ1v) is 8.99. The summed E-state index contributed by atoms with van der Waals surface area (Å²) in [4.78, 5) is 37.2. The third-order valence-electron chi connectivity index (χ3n) is 3.88. The van der Waals surface area contributed by atoms with Crippen LogP contribution in [0.3, 0.4) is 0 Å². The molecule has 25 heavy (non-hydrogen) atoms. The maximum absolute atomic E-state index is 12.0. The fourth-order valence-electron chi connectivity index (χ4n) is 2.53. The van der Waals surface area contributed by atoms with E-state index in [9.17, 15) is 14.4 Å². The molecule has 1 fully saturated rings. The average molecular weight is 409 g/mol. The van der Waals surface area contributed by atoms with E-state index in [4.69, 9.17) is 4.74 Å². The minimum Gasteiger partial charge on any atom is -0.450 e. The normalized spacial score (nSPS) is 15.2. The van der Waals surface area contributed by atoms with Gasteiger partial charge in [0, 0.05) is 35.2 Å². The van der Waals surface area contributed by atoms with Gasteiger partial charge in [0.1, 0.15) is 0 Å². The standard InChI is InChI=1S/C18H21BrN2O4/c1-2-25-18(24)21-11-9-15(10-12-21)20-17(23)8-7-16(22)13-3-5-14(19)6-4-13/h3-8,15H,2,9-12H2,1H3,(H,20,23)/b8-7+. The highest BCUT2D eigenvalue weighted by Crippen LogP contribution is 2.12. The van der Waals surface area contributed by atoms with Gasteiger partial charge in [-0.05, 0) is 50.1 Å². The molecule has 0 unspecified atom stereocenters. The van der Waals surface area contributed by atoms with E-state index in [1.54, 1.807) is 36.1 Å². The van der Waals surface area contributed by atoms with Crippen molar-refractivity contribution in [2.24, 2.45) is 0 Å². The van der Waals surface area contributed by atoms with Crippen LogP contribution in [0, 0.1) is 0 Å². The predicted molar refractivity (Wildman–Crippen MR) is 97.4 cm³/mol. The van der Waals surface area contributed by atoms with Crippen LogP contribution < -0.4 is 5.32 Å². The Morgan fingerprint density at radius 2 is 1.84 bits per heavy atom. The van der Waals surface area contributed by atoms with Gasteiger partial charge in [-0.3, -0.25) is 9.59 Å². The molecule has 0 bridgehead atoms. The van der Waals surface area contributed by atoms with Gasteiger partial charge in [-0.2, -0.15) is 0 Å². The van der Waals surface area contributed by atoms with Gasteiger partial charge in [-0.25, -0.2) is 4.79 Å². The number of piperidine rings is 1. The van der Waals surface area contributed by atoms with Crippen molar-refractivity contribution in [2.45, 2.75) is 25.8 Å². The predicted octanol–water partition coefficient (Wildman–Crippen LogP) is 2.93. The SMILES string of the molecule is CCOC(=O)N1CCC(NC(=O)/C=C/C(=O)c2ccc(Br)cc2)CC1. The van der Waals surface area contributed by atoms with Crippen molar-refractivity contribution in [2.75, 3.05) is 19.7 Å². The molecule has 0 spiro atoms. The van der Waals surface area contributed by atoms with Crippen LogP contribution in [-0.4, -0.2) is 48.4 Å². The van der Waals surface area contributed by atoms with E-state index in [0.717, 1.165) is 4.47 Å². The molecule has 1 aromatic rings. The minimum atomic E-state index is -0.313. The van der Waals surface area contributed by atoms with E-state index < -0.39 is 0 Å². The Morgan fingerprint density at radius 1 is 1.20 bits per heavy atom. The average Bonchev–Trinajstić information content (AvgIpc) is 2.61. The first-order chi connectivity index (χ1) is 12.0. The highest BCUT2D eigenvalue weighted by molar-refractivity contribution is 9.10. The van der Waals surface area contributed by atoms with Gasteiger partial charge in [0.25, 0.3) is 0 Å². The summed E-state index contributed by atoms with van der Waals surface area (Å²) in [5, 5.41) is 2.86. The molecule has 1 aromatic carbocycles. The van der Waals surface area contributed by atoms with Crippen molar-refractivity contribution in [3.05, 3.63) is 46.5 Å². The zero-order chi connectivity index (χ0) is 18.2. The molecule has 0 aromatic heterocycles. The number of amides is 2. The summed E-state index contributed by atoms with van der Waals surface area (Å²) >= 11 is 3.31. The number of ether oxygens (including phenoxy) is 1. The van der Waals surface area contributed by atoms with Gasteiger partial charge in [0.2, 0.25) is 5.91 Å². The largest absolute Gasteiger partial charge is 0.450 e. The molecule has 0 saturated carbocycles. The maximum Gasteiger partial charge on any atom is 0.409 e. The van der Waals surface area contributed by atoms with Crippen molar-refractivity contribution < 1.29 is 19.1 Å². The Bertz CT molecular complexity index is 650. The summed E-state index contributed by atoms with van der Waals surface area (Å²) in [5.41, 5.74) is 0.523. The second-order valence-corrected chi connectivity index (χ2v) is 6.59. The van der Waals surface area contributed by atoms with Crippen LogP contribution in [0.4, 0.5) is 4.79 Å². The fraction of sp³-hybridized carbons (Fsp3) is 0.389. The van der Waals surface area contributed by atoms with E-state index >= 15 is 0 Å². The smallest absolute Gasteiger partial charge is 0.409 e. The summed E-state index contributed by atoms with van der Waals surface area (Å²) in [5.74, 6) is -0.528. The van der Waals surface area contributed by atoms with Gasteiger partial charge in [-0.15, -0.1) is 0 Å². The lowest BCUT2D eigenvalue weighted by Gasteiger charge is -2.31. The number of carbonyl (C=O) groups is 3. The Hall–Kier alpha value is -2.15. The number of nitrogens with one attached hydrogen (secondary N) is 1. The van der Waals surface area contributed by atoms with Crippen LogP contribution in [0.25, 0.3) is 0 Å². The van der Waals surface area contributed by atoms with Crippen LogP contribution in [0.15, 0.2) is 40.9 Å². The lowest BCUT2D eigenvalue weighted by atomic mass is 10.1. The van der Waals surface area contributed by atoms with Gasteiger partial charge in [0.15, 0.2) is 5.78 Å². The fourth-order valence-corrected chi connectivity index (χ4v) is 2.80. The molecule has 0 atom stereocenters. The number of nitrogens with zero attached hydrogens (tertiary/aromatic N) is 1. The number of allylic oxidation sites excluding steroid dienone is 1. The van der Waals surface area contributed by atoms with Crippen LogP contribution in [0.5, 0.6) is 0 Å². The van der Waals surface area contributed by atoms with E-state index in [1.807, 2.05) is 0 Å². The molecule has 1 aliphatic heterocycles. The van der Waals surface area contributed by atoms with Gasteiger partial charge in [0.05, 0.1) is 6.61 Å². The molecule has 0 aliphatic carbocycles. The molecule has 0 radical (unpaired) electrons. The van der Waals surface area contributed by atoms with E-state index in [2.05, 4.69) is 21.2 Å². The van der Waals surface area contributed by atoms with Crippen molar-refractivity contribution in [1.29, 1.82) is 0 Å². The van der Waals surface area contributed by atoms with Crippen LogP contribution in [0.2, 0.25) is 0 Å². The zero-order valence-corrected chi connectivity index (χ0v) is 15.6. The first kappa shape index (κ1) is 19.2. The van der Waals surface area contributed by atoms with Crippen molar-refractivity contribution in [3.8, 4) is 0 Å². The Kier molecular flexibility index (Phi) is 7.18. The molecule has 2 rings (SSSR count). The monoisotopic (exact) mass is 408 g/mol. The summed E-state index contributed by atoms with van der Waals surface area (Å²) in [6, 6.07) is 6.93. The number of hydrogen-bond acceptors (Lipinski definition) is 4. The van der Waals surface area contributed by atoms with Gasteiger partial charge >= 0.3 is 6.09 Å². The Morgan fingerprint density at radius 3 is 2.44 bits per heavy atom.